The predicted octanol–water partition coefficient (Wildman–Crippen LogP) is 2.55. The van der Waals surface area contributed by atoms with Crippen molar-refractivity contribution in [2.75, 3.05) is 39.3 Å². The molecule has 1 saturated heterocycles. The van der Waals surface area contributed by atoms with Gasteiger partial charge >= 0.3 is 0 Å². The molecule has 27 heavy (non-hydrogen) atoms. The highest BCUT2D eigenvalue weighted by Crippen LogP contribution is 2.16. The van der Waals surface area contributed by atoms with E-state index in [0.717, 1.165) is 19.4 Å². The van der Waals surface area contributed by atoms with Crippen LogP contribution in [0.25, 0.3) is 0 Å². The van der Waals surface area contributed by atoms with Crippen LogP contribution < -0.4 is 5.32 Å². The molecule has 0 spiro atoms. The molecule has 1 aromatic carbocycles. The van der Waals surface area contributed by atoms with E-state index in [1.54, 1.807) is 17.0 Å². The minimum absolute atomic E-state index is 0.0284. The maximum absolute atomic E-state index is 12.5. The molecule has 0 unspecified atom stereocenters. The maximum Gasteiger partial charge on any atom is 0.289 e. The summed E-state index contributed by atoms with van der Waals surface area (Å²) in [7, 11) is 0. The zero-order valence-electron chi connectivity index (χ0n) is 15.2. The summed E-state index contributed by atoms with van der Waals surface area (Å²) >= 11 is 3.22. The van der Waals surface area contributed by atoms with Gasteiger partial charge in [0, 0.05) is 32.7 Å². The van der Waals surface area contributed by atoms with Crippen molar-refractivity contribution in [1.29, 1.82) is 0 Å². The third-order valence-electron chi connectivity index (χ3n) is 4.61. The van der Waals surface area contributed by atoms with Gasteiger partial charge in [0.2, 0.25) is 5.91 Å². The monoisotopic (exact) mass is 433 g/mol. The second-order valence-electron chi connectivity index (χ2n) is 6.61. The Balaban J connectivity index is 1.41. The number of furan rings is 1. The van der Waals surface area contributed by atoms with E-state index in [-0.39, 0.29) is 11.8 Å². The van der Waals surface area contributed by atoms with Crippen molar-refractivity contribution in [3.63, 3.8) is 0 Å². The molecule has 0 saturated carbocycles. The minimum Gasteiger partial charge on any atom is -0.444 e. The zero-order chi connectivity index (χ0) is 19.1. The first-order chi connectivity index (χ1) is 13.1. The molecule has 0 radical (unpaired) electrons. The van der Waals surface area contributed by atoms with Crippen LogP contribution in [0.4, 0.5) is 0 Å². The molecule has 1 fully saturated rings. The van der Waals surface area contributed by atoms with Crippen LogP contribution in [-0.2, 0) is 11.2 Å². The highest BCUT2D eigenvalue weighted by Gasteiger charge is 2.23. The molecule has 3 rings (SSSR count). The van der Waals surface area contributed by atoms with Crippen molar-refractivity contribution in [2.45, 2.75) is 12.8 Å². The highest BCUT2D eigenvalue weighted by atomic mass is 79.9. The van der Waals surface area contributed by atoms with Gasteiger partial charge in [0.25, 0.3) is 5.91 Å². The second kappa shape index (κ2) is 9.71. The van der Waals surface area contributed by atoms with Crippen molar-refractivity contribution in [2.24, 2.45) is 0 Å². The third kappa shape index (κ3) is 5.94. The quantitative estimate of drug-likeness (QED) is 0.759. The van der Waals surface area contributed by atoms with E-state index in [2.05, 4.69) is 38.3 Å². The van der Waals surface area contributed by atoms with Crippen LogP contribution in [0.1, 0.15) is 22.5 Å². The Kier molecular flexibility index (Phi) is 7.06. The molecular formula is C20H24BrN3O3. The van der Waals surface area contributed by atoms with Crippen molar-refractivity contribution in [1.82, 2.24) is 15.1 Å². The fourth-order valence-corrected chi connectivity index (χ4v) is 3.47. The Hall–Kier alpha value is -2.12. The van der Waals surface area contributed by atoms with Crippen molar-refractivity contribution < 1.29 is 14.0 Å². The molecule has 0 aliphatic carbocycles. The summed E-state index contributed by atoms with van der Waals surface area (Å²) in [5.41, 5.74) is 1.21. The van der Waals surface area contributed by atoms with Gasteiger partial charge in [0.15, 0.2) is 10.4 Å². The Morgan fingerprint density at radius 1 is 1.04 bits per heavy atom. The standard InChI is InChI=1S/C20H24BrN3O3/c21-18-8-7-17(27-18)20(26)24-12-4-11-23(13-14-24)15-19(25)22-10-9-16-5-2-1-3-6-16/h1-3,5-8H,4,9-15H2,(H,22,25). The smallest absolute Gasteiger partial charge is 0.289 e. The first-order valence-electron chi connectivity index (χ1n) is 9.19. The molecule has 7 heteroatoms. The van der Waals surface area contributed by atoms with E-state index in [1.165, 1.54) is 5.56 Å². The summed E-state index contributed by atoms with van der Waals surface area (Å²) in [4.78, 5) is 28.6. The maximum atomic E-state index is 12.5. The lowest BCUT2D eigenvalue weighted by atomic mass is 10.1. The summed E-state index contributed by atoms with van der Waals surface area (Å²) in [5.74, 6) is 0.268. The number of carbonyl (C=O) groups excluding carboxylic acids is 2. The molecule has 1 aliphatic heterocycles. The number of hydrogen-bond acceptors (Lipinski definition) is 4. The molecule has 1 aromatic heterocycles. The predicted molar refractivity (Wildman–Crippen MR) is 107 cm³/mol. The molecule has 2 aromatic rings. The number of nitrogens with one attached hydrogen (secondary N) is 1. The molecule has 6 nitrogen and oxygen atoms in total. The molecule has 1 N–H and O–H groups in total. The van der Waals surface area contributed by atoms with Crippen LogP contribution in [0.2, 0.25) is 0 Å². The molecule has 2 heterocycles. The van der Waals surface area contributed by atoms with Gasteiger partial charge in [-0.3, -0.25) is 14.5 Å². The number of benzene rings is 1. The van der Waals surface area contributed by atoms with Crippen LogP contribution in [0.5, 0.6) is 0 Å². The Morgan fingerprint density at radius 2 is 1.85 bits per heavy atom. The Labute approximate surface area is 167 Å². The van der Waals surface area contributed by atoms with E-state index in [1.807, 2.05) is 18.2 Å². The Morgan fingerprint density at radius 3 is 2.59 bits per heavy atom. The minimum atomic E-state index is -0.102. The van der Waals surface area contributed by atoms with Gasteiger partial charge < -0.3 is 14.6 Å². The molecule has 1 aliphatic rings. The van der Waals surface area contributed by atoms with Crippen molar-refractivity contribution >= 4 is 27.7 Å². The van der Waals surface area contributed by atoms with E-state index in [9.17, 15) is 9.59 Å². The van der Waals surface area contributed by atoms with E-state index in [4.69, 9.17) is 4.42 Å². The van der Waals surface area contributed by atoms with Gasteiger partial charge in [-0.25, -0.2) is 0 Å². The zero-order valence-corrected chi connectivity index (χ0v) is 16.8. The van der Waals surface area contributed by atoms with E-state index < -0.39 is 0 Å². The van der Waals surface area contributed by atoms with E-state index in [0.29, 0.717) is 43.2 Å². The number of rotatable bonds is 6. The van der Waals surface area contributed by atoms with E-state index >= 15 is 0 Å². The van der Waals surface area contributed by atoms with Crippen LogP contribution in [0.15, 0.2) is 51.6 Å². The summed E-state index contributed by atoms with van der Waals surface area (Å²) in [6, 6.07) is 13.5. The summed E-state index contributed by atoms with van der Waals surface area (Å²) in [6.07, 6.45) is 1.67. The summed E-state index contributed by atoms with van der Waals surface area (Å²) < 4.78 is 5.91. The lowest BCUT2D eigenvalue weighted by Crippen LogP contribution is -2.40. The second-order valence-corrected chi connectivity index (χ2v) is 7.39. The molecule has 144 valence electrons. The number of carbonyl (C=O) groups is 2. The first kappa shape index (κ1) is 19.6. The summed E-state index contributed by atoms with van der Waals surface area (Å²) in [6.45, 7) is 3.74. The molecular weight excluding hydrogens is 410 g/mol. The van der Waals surface area contributed by atoms with Crippen LogP contribution in [0.3, 0.4) is 0 Å². The third-order valence-corrected chi connectivity index (χ3v) is 5.03. The number of nitrogens with zero attached hydrogens (tertiary/aromatic N) is 2. The average molecular weight is 434 g/mol. The molecule has 2 amide bonds. The SMILES string of the molecule is O=C(CN1CCCN(C(=O)c2ccc(Br)o2)CC1)NCCc1ccccc1. The van der Waals surface area contributed by atoms with Gasteiger partial charge in [-0.2, -0.15) is 0 Å². The number of amides is 2. The van der Waals surface area contributed by atoms with Gasteiger partial charge in [0.1, 0.15) is 0 Å². The largest absolute Gasteiger partial charge is 0.444 e. The first-order valence-corrected chi connectivity index (χ1v) is 9.99. The van der Waals surface area contributed by atoms with Crippen LogP contribution in [0, 0.1) is 0 Å². The van der Waals surface area contributed by atoms with Crippen molar-refractivity contribution in [3.8, 4) is 0 Å². The fraction of sp³-hybridized carbons (Fsp3) is 0.400. The molecule has 0 atom stereocenters. The normalized spacial score (nSPS) is 15.4. The summed E-state index contributed by atoms with van der Waals surface area (Å²) in [5, 5.41) is 2.98. The average Bonchev–Trinajstić information content (AvgIpc) is 2.97. The lowest BCUT2D eigenvalue weighted by Gasteiger charge is -2.21. The van der Waals surface area contributed by atoms with Crippen LogP contribution >= 0.6 is 15.9 Å². The van der Waals surface area contributed by atoms with Gasteiger partial charge in [-0.15, -0.1) is 0 Å². The van der Waals surface area contributed by atoms with Gasteiger partial charge in [0.05, 0.1) is 6.54 Å². The van der Waals surface area contributed by atoms with Crippen molar-refractivity contribution in [3.05, 3.63) is 58.5 Å². The number of hydrogen-bond donors (Lipinski definition) is 1. The Bertz CT molecular complexity index is 763. The fourth-order valence-electron chi connectivity index (χ4n) is 3.17. The lowest BCUT2D eigenvalue weighted by molar-refractivity contribution is -0.122. The van der Waals surface area contributed by atoms with Crippen LogP contribution in [-0.4, -0.2) is 60.9 Å². The topological polar surface area (TPSA) is 65.8 Å². The number of halogens is 1. The van der Waals surface area contributed by atoms with Gasteiger partial charge in [-0.1, -0.05) is 30.3 Å². The highest BCUT2D eigenvalue weighted by molar-refractivity contribution is 9.10. The molecule has 0 bridgehead atoms. The van der Waals surface area contributed by atoms with Gasteiger partial charge in [-0.05, 0) is 46.5 Å².